The summed E-state index contributed by atoms with van der Waals surface area (Å²) >= 11 is 0. The molecule has 0 aromatic heterocycles. The molecule has 1 amide bonds. The van der Waals surface area contributed by atoms with Crippen molar-refractivity contribution in [2.45, 2.75) is 25.9 Å². The summed E-state index contributed by atoms with van der Waals surface area (Å²) in [4.78, 5) is 24.9. The molecule has 0 aliphatic carbocycles. The second-order valence-corrected chi connectivity index (χ2v) is 2.56. The maximum Gasteiger partial charge on any atom is 0.328 e. The lowest BCUT2D eigenvalue weighted by molar-refractivity contribution is -0.144. The van der Waals surface area contributed by atoms with Crippen LogP contribution in [0.2, 0.25) is 0 Å². The standard InChI is InChI=1S/C8H12N2O3/c1-5(9-3)7(11)10-6(2)8(12)13-4/h5-6H,1-2,4H3,(H,10,11)/t5-,6+/m1/s1. The smallest absolute Gasteiger partial charge is 0.328 e. The summed E-state index contributed by atoms with van der Waals surface area (Å²) in [5.74, 6) is -0.988. The molecule has 2 atom stereocenters. The highest BCUT2D eigenvalue weighted by atomic mass is 16.5. The molecule has 0 aliphatic rings. The van der Waals surface area contributed by atoms with Crippen LogP contribution in [0.1, 0.15) is 13.8 Å². The first-order valence-corrected chi connectivity index (χ1v) is 3.77. The predicted octanol–water partition coefficient (Wildman–Crippen LogP) is -0.0281. The molecule has 13 heavy (non-hydrogen) atoms. The first-order valence-electron chi connectivity index (χ1n) is 3.77. The van der Waals surface area contributed by atoms with Gasteiger partial charge in [-0.1, -0.05) is 0 Å². The van der Waals surface area contributed by atoms with Gasteiger partial charge >= 0.3 is 11.9 Å². The lowest BCUT2D eigenvalue weighted by atomic mass is 10.3. The van der Waals surface area contributed by atoms with Gasteiger partial charge in [0, 0.05) is 6.92 Å². The number of esters is 1. The third kappa shape index (κ3) is 3.56. The van der Waals surface area contributed by atoms with Gasteiger partial charge < -0.3 is 14.9 Å². The third-order valence-electron chi connectivity index (χ3n) is 1.49. The zero-order chi connectivity index (χ0) is 10.4. The summed E-state index contributed by atoms with van der Waals surface area (Å²) in [6, 6.07) is -1.48. The fraction of sp³-hybridized carbons (Fsp3) is 0.625. The number of nitrogens with one attached hydrogen (secondary N) is 1. The van der Waals surface area contributed by atoms with Crippen LogP contribution in [0.3, 0.4) is 0 Å². The minimum absolute atomic E-state index is 0.465. The van der Waals surface area contributed by atoms with Crippen molar-refractivity contribution >= 4 is 11.9 Å². The molecular formula is C8H12N2O3. The molecule has 72 valence electrons. The Morgan fingerprint density at radius 2 is 2.00 bits per heavy atom. The van der Waals surface area contributed by atoms with Crippen LogP contribution in [0, 0.1) is 6.57 Å². The van der Waals surface area contributed by atoms with E-state index in [4.69, 9.17) is 6.57 Å². The predicted molar refractivity (Wildman–Crippen MR) is 45.7 cm³/mol. The van der Waals surface area contributed by atoms with Gasteiger partial charge in [-0.15, -0.1) is 0 Å². The van der Waals surface area contributed by atoms with Gasteiger partial charge in [0.2, 0.25) is 0 Å². The first kappa shape index (κ1) is 11.4. The Kier molecular flexibility index (Phi) is 4.52. The molecule has 0 saturated carbocycles. The molecule has 5 heteroatoms. The summed E-state index contributed by atoms with van der Waals surface area (Å²) in [6.45, 7) is 9.55. The number of hydrogen-bond donors (Lipinski definition) is 1. The maximum atomic E-state index is 11.1. The molecule has 0 saturated heterocycles. The Hall–Kier alpha value is -1.57. The van der Waals surface area contributed by atoms with Crippen molar-refractivity contribution in [3.63, 3.8) is 0 Å². The molecule has 0 heterocycles. The van der Waals surface area contributed by atoms with E-state index in [9.17, 15) is 9.59 Å². The molecule has 0 unspecified atom stereocenters. The zero-order valence-electron chi connectivity index (χ0n) is 7.83. The van der Waals surface area contributed by atoms with Crippen molar-refractivity contribution in [3.8, 4) is 0 Å². The van der Waals surface area contributed by atoms with Crippen molar-refractivity contribution in [1.82, 2.24) is 5.32 Å². The van der Waals surface area contributed by atoms with Crippen LogP contribution in [-0.4, -0.2) is 31.1 Å². The molecule has 0 spiro atoms. The van der Waals surface area contributed by atoms with E-state index in [-0.39, 0.29) is 0 Å². The maximum absolute atomic E-state index is 11.1. The number of carbonyl (C=O) groups is 2. The Balaban J connectivity index is 4.08. The van der Waals surface area contributed by atoms with E-state index in [0.29, 0.717) is 0 Å². The van der Waals surface area contributed by atoms with E-state index >= 15 is 0 Å². The fourth-order valence-corrected chi connectivity index (χ4v) is 0.628. The molecule has 0 bridgehead atoms. The van der Waals surface area contributed by atoms with Crippen molar-refractivity contribution in [3.05, 3.63) is 11.4 Å². The summed E-state index contributed by atoms with van der Waals surface area (Å²) in [7, 11) is 1.24. The molecule has 0 aromatic carbocycles. The molecule has 0 fully saturated rings. The Morgan fingerprint density at radius 1 is 1.46 bits per heavy atom. The van der Waals surface area contributed by atoms with Gasteiger partial charge in [-0.2, -0.15) is 0 Å². The highest BCUT2D eigenvalue weighted by molar-refractivity contribution is 5.87. The number of amides is 1. The van der Waals surface area contributed by atoms with Crippen molar-refractivity contribution in [2.24, 2.45) is 0 Å². The van der Waals surface area contributed by atoms with Crippen molar-refractivity contribution < 1.29 is 14.3 Å². The number of hydrogen-bond acceptors (Lipinski definition) is 3. The summed E-state index contributed by atoms with van der Waals surface area (Å²) in [5.41, 5.74) is 0. The lowest BCUT2D eigenvalue weighted by Crippen LogP contribution is -2.42. The average molecular weight is 184 g/mol. The minimum Gasteiger partial charge on any atom is -0.467 e. The van der Waals surface area contributed by atoms with E-state index in [2.05, 4.69) is 14.9 Å². The second-order valence-electron chi connectivity index (χ2n) is 2.56. The van der Waals surface area contributed by atoms with E-state index in [1.807, 2.05) is 0 Å². The quantitative estimate of drug-likeness (QED) is 0.495. The van der Waals surface area contributed by atoms with E-state index in [1.54, 1.807) is 0 Å². The number of nitrogens with zero attached hydrogens (tertiary/aromatic N) is 1. The summed E-state index contributed by atoms with van der Waals surface area (Å²) in [6.07, 6.45) is 0. The zero-order valence-corrected chi connectivity index (χ0v) is 7.83. The highest BCUT2D eigenvalue weighted by Crippen LogP contribution is 1.92. The third-order valence-corrected chi connectivity index (χ3v) is 1.49. The molecule has 5 nitrogen and oxygen atoms in total. The molecule has 0 rings (SSSR count). The van der Waals surface area contributed by atoms with Gasteiger partial charge in [-0.3, -0.25) is 4.79 Å². The van der Waals surface area contributed by atoms with Crippen LogP contribution < -0.4 is 5.32 Å². The van der Waals surface area contributed by atoms with Crippen LogP contribution in [-0.2, 0) is 14.3 Å². The van der Waals surface area contributed by atoms with Crippen molar-refractivity contribution in [1.29, 1.82) is 0 Å². The van der Waals surface area contributed by atoms with Crippen LogP contribution in [0.25, 0.3) is 4.85 Å². The molecule has 1 N–H and O–H groups in total. The van der Waals surface area contributed by atoms with Gasteiger partial charge in [-0.25, -0.2) is 11.4 Å². The Bertz CT molecular complexity index is 244. The number of ether oxygens (including phenoxy) is 1. The largest absolute Gasteiger partial charge is 0.467 e. The van der Waals surface area contributed by atoms with Crippen molar-refractivity contribution in [2.75, 3.05) is 7.11 Å². The van der Waals surface area contributed by atoms with Gasteiger partial charge in [0.15, 0.2) is 0 Å². The van der Waals surface area contributed by atoms with E-state index < -0.39 is 24.0 Å². The van der Waals surface area contributed by atoms with Gasteiger partial charge in [0.1, 0.15) is 6.04 Å². The highest BCUT2D eigenvalue weighted by Gasteiger charge is 2.22. The second kappa shape index (κ2) is 5.14. The average Bonchev–Trinajstić information content (AvgIpc) is 2.14. The molecule has 0 radical (unpaired) electrons. The molecule has 0 aliphatic heterocycles. The normalized spacial score (nSPS) is 13.7. The van der Waals surface area contributed by atoms with Crippen LogP contribution >= 0.6 is 0 Å². The monoisotopic (exact) mass is 184 g/mol. The topological polar surface area (TPSA) is 59.8 Å². The Morgan fingerprint density at radius 3 is 2.38 bits per heavy atom. The first-order chi connectivity index (χ1) is 6.02. The van der Waals surface area contributed by atoms with Crippen LogP contribution in [0.5, 0.6) is 0 Å². The lowest BCUT2D eigenvalue weighted by Gasteiger charge is -2.10. The van der Waals surface area contributed by atoms with E-state index in [1.165, 1.54) is 21.0 Å². The molecular weight excluding hydrogens is 172 g/mol. The van der Waals surface area contributed by atoms with Gasteiger partial charge in [-0.05, 0) is 6.92 Å². The van der Waals surface area contributed by atoms with E-state index in [0.717, 1.165) is 0 Å². The number of methoxy groups -OCH3 is 1. The number of carbonyl (C=O) groups excluding carboxylic acids is 2. The number of rotatable bonds is 3. The van der Waals surface area contributed by atoms with Crippen LogP contribution in [0.15, 0.2) is 0 Å². The Labute approximate surface area is 76.9 Å². The summed E-state index contributed by atoms with van der Waals surface area (Å²) in [5, 5.41) is 2.35. The molecule has 0 aromatic rings. The van der Waals surface area contributed by atoms with Crippen LogP contribution in [0.4, 0.5) is 0 Å². The minimum atomic E-state index is -0.771. The van der Waals surface area contributed by atoms with Gasteiger partial charge in [0.05, 0.1) is 7.11 Å². The summed E-state index contributed by atoms with van der Waals surface area (Å²) < 4.78 is 4.40. The SMILES string of the molecule is [C-]#[N+][C@H](C)C(=O)N[C@@H](C)C(=O)OC. The van der Waals surface area contributed by atoms with Gasteiger partial charge in [0.25, 0.3) is 6.04 Å². The fourth-order valence-electron chi connectivity index (χ4n) is 0.628.